The van der Waals surface area contributed by atoms with Crippen LogP contribution in [-0.4, -0.2) is 44.3 Å². The molecule has 8 heteroatoms. The van der Waals surface area contributed by atoms with E-state index in [2.05, 4.69) is 10.3 Å². The van der Waals surface area contributed by atoms with E-state index in [0.29, 0.717) is 12.8 Å². The van der Waals surface area contributed by atoms with Crippen molar-refractivity contribution in [3.8, 4) is 0 Å². The van der Waals surface area contributed by atoms with Crippen molar-refractivity contribution in [3.05, 3.63) is 42.7 Å². The predicted molar refractivity (Wildman–Crippen MR) is 131 cm³/mol. The molecule has 3 rings (SSSR count). The van der Waals surface area contributed by atoms with Gasteiger partial charge in [-0.2, -0.15) is 0 Å². The number of benzene rings is 1. The highest BCUT2D eigenvalue weighted by atomic mass is 16.4. The quantitative estimate of drug-likeness (QED) is 0.388. The molecule has 0 aliphatic heterocycles. The largest absolute Gasteiger partial charge is 0.475 e. The van der Waals surface area contributed by atoms with Crippen LogP contribution in [0.25, 0.3) is 21.8 Å². The summed E-state index contributed by atoms with van der Waals surface area (Å²) in [7, 11) is -1.64. The number of para-hydroxylation sites is 1. The molecule has 0 spiro atoms. The van der Waals surface area contributed by atoms with E-state index in [1.54, 1.807) is 6.20 Å². The van der Waals surface area contributed by atoms with Gasteiger partial charge in [-0.15, -0.1) is 0 Å². The maximum Gasteiger partial charge on any atom is 0.475 e. The summed E-state index contributed by atoms with van der Waals surface area (Å²) < 4.78 is 1.98. The Morgan fingerprint density at radius 1 is 1.00 bits per heavy atom. The molecule has 0 saturated heterocycles. The summed E-state index contributed by atoms with van der Waals surface area (Å²) in [6.45, 7) is 8.10. The Hall–Kier alpha value is -2.71. The summed E-state index contributed by atoms with van der Waals surface area (Å²) in [6, 6.07) is 9.82. The number of ketones is 1. The number of hydrogen-bond acceptors (Lipinski definition) is 5. The van der Waals surface area contributed by atoms with Gasteiger partial charge in [0.2, 0.25) is 5.91 Å². The van der Waals surface area contributed by atoms with Gasteiger partial charge in [-0.1, -0.05) is 45.9 Å². The van der Waals surface area contributed by atoms with Crippen LogP contribution < -0.4 is 5.32 Å². The van der Waals surface area contributed by atoms with Crippen LogP contribution >= 0.6 is 0 Å². The highest BCUT2D eigenvalue weighted by Gasteiger charge is 2.30. The minimum atomic E-state index is -1.64. The van der Waals surface area contributed by atoms with Gasteiger partial charge in [0.05, 0.1) is 18.0 Å². The van der Waals surface area contributed by atoms with Gasteiger partial charge in [0.1, 0.15) is 0 Å². The van der Waals surface area contributed by atoms with Crippen molar-refractivity contribution in [3.63, 3.8) is 0 Å². The smallest absolute Gasteiger partial charge is 0.426 e. The number of carbonyl (C=O) groups excluding carboxylic acids is 2. The molecule has 0 saturated carbocycles. The standard InChI is InChI=1S/C25H34BN3O4/c1-16(2)11-18(25(31)28-24(26(32)33)12-17(3)4)13-19(30)15-29-22-8-6-5-7-20(22)21-14-27-10-9-23(21)29/h5-10,14,16-18,24,32-33H,11-13,15H2,1-4H3,(H,28,31)/t18-,24+/m1/s1. The van der Waals surface area contributed by atoms with E-state index < -0.39 is 19.0 Å². The SMILES string of the molecule is CC(C)C[C@H](CC(=O)Cn1c2ccccc2c2cnccc21)C(=O)N[C@@H](CC(C)C)B(O)O. The second kappa shape index (κ2) is 10.9. The fourth-order valence-electron chi connectivity index (χ4n) is 4.50. The Labute approximate surface area is 195 Å². The van der Waals surface area contributed by atoms with Crippen molar-refractivity contribution in [1.29, 1.82) is 0 Å². The number of nitrogens with zero attached hydrogens (tertiary/aromatic N) is 2. The van der Waals surface area contributed by atoms with Crippen LogP contribution in [0.1, 0.15) is 47.0 Å². The first kappa shape index (κ1) is 24.9. The number of hydrogen-bond donors (Lipinski definition) is 3. The molecule has 33 heavy (non-hydrogen) atoms. The van der Waals surface area contributed by atoms with Crippen LogP contribution in [0.2, 0.25) is 0 Å². The van der Waals surface area contributed by atoms with Crippen LogP contribution in [0.15, 0.2) is 42.7 Å². The third-order valence-corrected chi connectivity index (χ3v) is 5.92. The lowest BCUT2D eigenvalue weighted by atomic mass is 9.74. The minimum absolute atomic E-state index is 0.0415. The fourth-order valence-corrected chi connectivity index (χ4v) is 4.50. The van der Waals surface area contributed by atoms with Gasteiger partial charge in [-0.05, 0) is 36.8 Å². The first-order valence-corrected chi connectivity index (χ1v) is 11.7. The summed E-state index contributed by atoms with van der Waals surface area (Å²) in [4.78, 5) is 30.4. The lowest BCUT2D eigenvalue weighted by molar-refractivity contribution is -0.130. The number of amides is 1. The zero-order valence-corrected chi connectivity index (χ0v) is 19.9. The third-order valence-electron chi connectivity index (χ3n) is 5.92. The van der Waals surface area contributed by atoms with E-state index in [1.165, 1.54) is 0 Å². The van der Waals surface area contributed by atoms with Crippen molar-refractivity contribution in [2.24, 2.45) is 17.8 Å². The Bertz CT molecular complexity index is 1060. The molecule has 176 valence electrons. The van der Waals surface area contributed by atoms with Crippen molar-refractivity contribution in [2.45, 2.75) is 59.4 Å². The molecule has 0 bridgehead atoms. The van der Waals surface area contributed by atoms with E-state index in [0.717, 1.165) is 21.8 Å². The summed E-state index contributed by atoms with van der Waals surface area (Å²) in [5, 5.41) is 24.2. The average molecular weight is 451 g/mol. The van der Waals surface area contributed by atoms with Crippen molar-refractivity contribution in [2.75, 3.05) is 0 Å². The molecule has 2 heterocycles. The topological polar surface area (TPSA) is 104 Å². The normalized spacial score (nSPS) is 13.6. The first-order chi connectivity index (χ1) is 15.7. The molecule has 1 amide bonds. The third kappa shape index (κ3) is 6.21. The molecule has 0 aliphatic rings. The van der Waals surface area contributed by atoms with E-state index in [9.17, 15) is 19.6 Å². The van der Waals surface area contributed by atoms with Gasteiger partial charge >= 0.3 is 7.12 Å². The summed E-state index contributed by atoms with van der Waals surface area (Å²) in [5.74, 6) is -1.22. The summed E-state index contributed by atoms with van der Waals surface area (Å²) >= 11 is 0. The van der Waals surface area contributed by atoms with Gasteiger partial charge in [-0.25, -0.2) is 0 Å². The van der Waals surface area contributed by atoms with E-state index in [4.69, 9.17) is 0 Å². The highest BCUT2D eigenvalue weighted by Crippen LogP contribution is 2.28. The molecule has 0 aliphatic carbocycles. The lowest BCUT2D eigenvalue weighted by Crippen LogP contribution is -2.49. The van der Waals surface area contributed by atoms with Crippen LogP contribution in [-0.2, 0) is 16.1 Å². The molecule has 7 nitrogen and oxygen atoms in total. The Morgan fingerprint density at radius 2 is 1.67 bits per heavy atom. The average Bonchev–Trinajstić information content (AvgIpc) is 3.06. The maximum absolute atomic E-state index is 13.2. The van der Waals surface area contributed by atoms with Crippen molar-refractivity contribution in [1.82, 2.24) is 14.9 Å². The molecular formula is C25H34BN3O4. The van der Waals surface area contributed by atoms with Crippen molar-refractivity contribution < 1.29 is 19.6 Å². The van der Waals surface area contributed by atoms with Gasteiger partial charge in [-0.3, -0.25) is 14.6 Å². The van der Waals surface area contributed by atoms with Crippen molar-refractivity contribution >= 4 is 40.6 Å². The van der Waals surface area contributed by atoms with Crippen LogP contribution in [0, 0.1) is 17.8 Å². The zero-order valence-electron chi connectivity index (χ0n) is 19.9. The number of pyridine rings is 1. The fraction of sp³-hybridized carbons (Fsp3) is 0.480. The lowest BCUT2D eigenvalue weighted by Gasteiger charge is -2.24. The Morgan fingerprint density at radius 3 is 2.33 bits per heavy atom. The summed E-state index contributed by atoms with van der Waals surface area (Å²) in [5.41, 5.74) is 1.89. The number of nitrogens with one attached hydrogen (secondary N) is 1. The molecule has 2 atom stereocenters. The highest BCUT2D eigenvalue weighted by molar-refractivity contribution is 6.43. The number of rotatable bonds is 11. The summed E-state index contributed by atoms with van der Waals surface area (Å²) in [6.07, 6.45) is 4.61. The van der Waals surface area contributed by atoms with Crippen LogP contribution in [0.4, 0.5) is 0 Å². The van der Waals surface area contributed by atoms with E-state index in [1.807, 2.05) is 68.8 Å². The van der Waals surface area contributed by atoms with Gasteiger partial charge < -0.3 is 19.9 Å². The molecule has 0 fully saturated rings. The monoisotopic (exact) mass is 451 g/mol. The molecule has 3 aromatic rings. The molecule has 2 aromatic heterocycles. The molecule has 3 N–H and O–H groups in total. The van der Waals surface area contributed by atoms with Gasteiger partial charge in [0.25, 0.3) is 0 Å². The number of aromatic nitrogens is 2. The molecule has 1 aromatic carbocycles. The van der Waals surface area contributed by atoms with E-state index in [-0.39, 0.29) is 36.5 Å². The number of Topliss-reactive ketones (excluding diaryl/α,β-unsaturated/α-hetero) is 1. The van der Waals surface area contributed by atoms with E-state index >= 15 is 0 Å². The number of fused-ring (bicyclic) bond motifs is 3. The van der Waals surface area contributed by atoms with Crippen LogP contribution in [0.5, 0.6) is 0 Å². The predicted octanol–water partition coefficient (Wildman–Crippen LogP) is 3.35. The zero-order chi connectivity index (χ0) is 24.1. The second-order valence-corrected chi connectivity index (χ2v) is 9.72. The van der Waals surface area contributed by atoms with Gasteiger partial charge in [0, 0.05) is 41.0 Å². The molecule has 0 unspecified atom stereocenters. The second-order valence-electron chi connectivity index (χ2n) is 9.72. The maximum atomic E-state index is 13.2. The van der Waals surface area contributed by atoms with Gasteiger partial charge in [0.15, 0.2) is 5.78 Å². The number of carbonyl (C=O) groups is 2. The molecule has 0 radical (unpaired) electrons. The molecular weight excluding hydrogens is 417 g/mol. The Kier molecular flexibility index (Phi) is 8.27. The minimum Gasteiger partial charge on any atom is -0.426 e. The van der Waals surface area contributed by atoms with Crippen LogP contribution in [0.3, 0.4) is 0 Å². The Balaban J connectivity index is 1.80. The first-order valence-electron chi connectivity index (χ1n) is 11.7.